The van der Waals surface area contributed by atoms with E-state index in [2.05, 4.69) is 62.3 Å². The minimum Gasteiger partial charge on any atom is -0.0599 e. The molecule has 30 heavy (non-hydrogen) atoms. The zero-order chi connectivity index (χ0) is 22.8. The summed E-state index contributed by atoms with van der Waals surface area (Å²) >= 11 is 0. The van der Waals surface area contributed by atoms with E-state index in [1.54, 1.807) is 0 Å². The molecule has 0 N–H and O–H groups in total. The Balaban J connectivity index is 0.000000225. The van der Waals surface area contributed by atoms with Gasteiger partial charge < -0.3 is 0 Å². The molecular formula is C30H60. The van der Waals surface area contributed by atoms with E-state index in [1.165, 1.54) is 96.3 Å². The fourth-order valence-corrected chi connectivity index (χ4v) is 5.91. The molecule has 0 nitrogen and oxygen atoms in total. The molecule has 0 bridgehead atoms. The Labute approximate surface area is 192 Å². The number of hydrogen-bond donors (Lipinski definition) is 0. The van der Waals surface area contributed by atoms with Gasteiger partial charge >= 0.3 is 0 Å². The molecule has 0 amide bonds. The Morgan fingerprint density at radius 1 is 0.300 bits per heavy atom. The molecule has 0 aromatic rings. The van der Waals surface area contributed by atoms with E-state index in [-0.39, 0.29) is 0 Å². The molecule has 0 atom stereocenters. The van der Waals surface area contributed by atoms with Crippen molar-refractivity contribution < 1.29 is 0 Å². The smallest absolute Gasteiger partial charge is 0.0354 e. The van der Waals surface area contributed by atoms with E-state index in [0.29, 0.717) is 16.2 Å². The van der Waals surface area contributed by atoms with E-state index in [4.69, 9.17) is 0 Å². The van der Waals surface area contributed by atoms with Gasteiger partial charge in [-0.25, -0.2) is 0 Å². The van der Waals surface area contributed by atoms with Crippen molar-refractivity contribution in [2.75, 3.05) is 0 Å². The second-order valence-electron chi connectivity index (χ2n) is 14.1. The van der Waals surface area contributed by atoms with Crippen LogP contribution in [0.2, 0.25) is 0 Å². The van der Waals surface area contributed by atoms with Crippen LogP contribution in [-0.4, -0.2) is 0 Å². The van der Waals surface area contributed by atoms with Crippen LogP contribution in [0.25, 0.3) is 0 Å². The zero-order valence-electron chi connectivity index (χ0n) is 22.8. The highest BCUT2D eigenvalue weighted by Crippen LogP contribution is 2.39. The molecule has 3 aliphatic carbocycles. The average Bonchev–Trinajstić information content (AvgIpc) is 2.69. The van der Waals surface area contributed by atoms with Crippen molar-refractivity contribution in [2.24, 2.45) is 34.0 Å². The van der Waals surface area contributed by atoms with Gasteiger partial charge in [-0.2, -0.15) is 0 Å². The zero-order valence-corrected chi connectivity index (χ0v) is 22.8. The summed E-state index contributed by atoms with van der Waals surface area (Å²) in [6.07, 6.45) is 22.1. The van der Waals surface area contributed by atoms with Crippen LogP contribution in [0.5, 0.6) is 0 Å². The maximum atomic E-state index is 2.38. The summed E-state index contributed by atoms with van der Waals surface area (Å²) in [6.45, 7) is 21.4. The molecule has 0 aliphatic heterocycles. The first kappa shape index (κ1) is 28.0. The summed E-state index contributed by atoms with van der Waals surface area (Å²) in [4.78, 5) is 0. The van der Waals surface area contributed by atoms with Crippen LogP contribution in [0.3, 0.4) is 0 Å². The topological polar surface area (TPSA) is 0 Å². The number of hydrogen-bond acceptors (Lipinski definition) is 0. The standard InChI is InChI=1S/3C10H20/c3*1-10(2,3)9-7-5-4-6-8-9/h3*9H,4-8H2,1-3H3. The maximum Gasteiger partial charge on any atom is -0.0354 e. The molecule has 3 saturated carbocycles. The third-order valence-corrected chi connectivity index (χ3v) is 8.49. The summed E-state index contributed by atoms with van der Waals surface area (Å²) < 4.78 is 0. The molecule has 180 valence electrons. The third-order valence-electron chi connectivity index (χ3n) is 8.49. The Hall–Kier alpha value is 0. The van der Waals surface area contributed by atoms with Gasteiger partial charge in [0.05, 0.1) is 0 Å². The van der Waals surface area contributed by atoms with Gasteiger partial charge in [-0.05, 0) is 72.5 Å². The summed E-state index contributed by atoms with van der Waals surface area (Å²) in [5.74, 6) is 3.00. The molecule has 0 radical (unpaired) electrons. The minimum atomic E-state index is 0.570. The second kappa shape index (κ2) is 12.9. The molecule has 0 heterocycles. The van der Waals surface area contributed by atoms with Gasteiger partial charge in [0, 0.05) is 0 Å². The largest absolute Gasteiger partial charge is 0.0599 e. The van der Waals surface area contributed by atoms with Crippen LogP contribution < -0.4 is 0 Å². The Morgan fingerprint density at radius 3 is 0.567 bits per heavy atom. The predicted molar refractivity (Wildman–Crippen MR) is 138 cm³/mol. The van der Waals surface area contributed by atoms with Gasteiger partial charge in [-0.3, -0.25) is 0 Å². The molecule has 3 aliphatic rings. The normalized spacial score (nSPS) is 23.1. The summed E-state index contributed by atoms with van der Waals surface area (Å²) in [7, 11) is 0. The molecule has 0 spiro atoms. The molecule has 0 aromatic heterocycles. The predicted octanol–water partition coefficient (Wildman–Crippen LogP) is 10.8. The van der Waals surface area contributed by atoms with E-state index < -0.39 is 0 Å². The molecule has 3 fully saturated rings. The van der Waals surface area contributed by atoms with Gasteiger partial charge in [-0.1, -0.05) is 120 Å². The Morgan fingerprint density at radius 2 is 0.467 bits per heavy atom. The highest BCUT2D eigenvalue weighted by atomic mass is 14.3. The lowest BCUT2D eigenvalue weighted by atomic mass is 9.72. The van der Waals surface area contributed by atoms with Crippen molar-refractivity contribution in [3.8, 4) is 0 Å². The van der Waals surface area contributed by atoms with Crippen molar-refractivity contribution in [3.63, 3.8) is 0 Å². The van der Waals surface area contributed by atoms with E-state index in [9.17, 15) is 0 Å². The van der Waals surface area contributed by atoms with Crippen LogP contribution >= 0.6 is 0 Å². The van der Waals surface area contributed by atoms with Crippen LogP contribution in [0.4, 0.5) is 0 Å². The first-order valence-electron chi connectivity index (χ1n) is 13.8. The van der Waals surface area contributed by atoms with E-state index in [0.717, 1.165) is 17.8 Å². The molecule has 0 saturated heterocycles. The molecule has 0 heteroatoms. The maximum absolute atomic E-state index is 2.38. The fraction of sp³-hybridized carbons (Fsp3) is 1.00. The first-order chi connectivity index (χ1) is 13.8. The monoisotopic (exact) mass is 420 g/mol. The molecule has 0 aromatic carbocycles. The lowest BCUT2D eigenvalue weighted by Gasteiger charge is -2.33. The van der Waals surface area contributed by atoms with Gasteiger partial charge in [0.2, 0.25) is 0 Å². The first-order valence-corrected chi connectivity index (χ1v) is 13.8. The lowest BCUT2D eigenvalue weighted by molar-refractivity contribution is 0.179. The highest BCUT2D eigenvalue weighted by molar-refractivity contribution is 4.78. The van der Waals surface area contributed by atoms with E-state index >= 15 is 0 Å². The Kier molecular flexibility index (Phi) is 12.0. The molecule has 3 rings (SSSR count). The summed E-state index contributed by atoms with van der Waals surface area (Å²) in [5.41, 5.74) is 1.71. The van der Waals surface area contributed by atoms with Gasteiger partial charge in [0.15, 0.2) is 0 Å². The van der Waals surface area contributed by atoms with Crippen molar-refractivity contribution in [1.82, 2.24) is 0 Å². The highest BCUT2D eigenvalue weighted by Gasteiger charge is 2.27. The van der Waals surface area contributed by atoms with Crippen molar-refractivity contribution in [1.29, 1.82) is 0 Å². The van der Waals surface area contributed by atoms with Crippen molar-refractivity contribution in [3.05, 3.63) is 0 Å². The van der Waals surface area contributed by atoms with Gasteiger partial charge in [0.1, 0.15) is 0 Å². The minimum absolute atomic E-state index is 0.570. The number of rotatable bonds is 0. The summed E-state index contributed by atoms with van der Waals surface area (Å²) in [5, 5.41) is 0. The van der Waals surface area contributed by atoms with Crippen LogP contribution in [0.15, 0.2) is 0 Å². The van der Waals surface area contributed by atoms with Crippen LogP contribution in [0.1, 0.15) is 159 Å². The van der Waals surface area contributed by atoms with Crippen molar-refractivity contribution in [2.45, 2.75) is 159 Å². The van der Waals surface area contributed by atoms with Crippen molar-refractivity contribution >= 4 is 0 Å². The van der Waals surface area contributed by atoms with Gasteiger partial charge in [-0.15, -0.1) is 0 Å². The summed E-state index contributed by atoms with van der Waals surface area (Å²) in [6, 6.07) is 0. The van der Waals surface area contributed by atoms with Gasteiger partial charge in [0.25, 0.3) is 0 Å². The SMILES string of the molecule is CC(C)(C)C1CCCCC1.CC(C)(C)C1CCCCC1.CC(C)(C)C1CCCCC1. The fourth-order valence-electron chi connectivity index (χ4n) is 5.91. The third kappa shape index (κ3) is 11.6. The second-order valence-corrected chi connectivity index (χ2v) is 14.1. The van der Waals surface area contributed by atoms with Crippen LogP contribution in [0, 0.1) is 34.0 Å². The quantitative estimate of drug-likeness (QED) is 0.365. The lowest BCUT2D eigenvalue weighted by Crippen LogP contribution is -2.22. The van der Waals surface area contributed by atoms with E-state index in [1.807, 2.05) is 0 Å². The molecule has 0 unspecified atom stereocenters. The Bertz CT molecular complexity index is 340. The molecular weight excluding hydrogens is 360 g/mol. The average molecular weight is 421 g/mol. The van der Waals surface area contributed by atoms with Crippen LogP contribution in [-0.2, 0) is 0 Å².